The van der Waals surface area contributed by atoms with Crippen LogP contribution < -0.4 is 4.90 Å². The number of nitrogens with zero attached hydrogens (tertiary/aromatic N) is 1. The van der Waals surface area contributed by atoms with Crippen LogP contribution in [-0.2, 0) is 12.8 Å². The lowest BCUT2D eigenvalue weighted by Gasteiger charge is -2.33. The first-order valence-electron chi connectivity index (χ1n) is 19.1. The van der Waals surface area contributed by atoms with Gasteiger partial charge in [-0.2, -0.15) is 0 Å². The third kappa shape index (κ3) is 5.77. The summed E-state index contributed by atoms with van der Waals surface area (Å²) < 4.78 is 6.46. The van der Waals surface area contributed by atoms with Crippen LogP contribution in [0, 0.1) is 0 Å². The summed E-state index contributed by atoms with van der Waals surface area (Å²) in [7, 11) is 0. The summed E-state index contributed by atoms with van der Waals surface area (Å²) in [6.07, 6.45) is 4.40. The number of anilines is 3. The van der Waals surface area contributed by atoms with Crippen LogP contribution in [0.3, 0.4) is 0 Å². The van der Waals surface area contributed by atoms with E-state index in [9.17, 15) is 0 Å². The molecule has 54 heavy (non-hydrogen) atoms. The van der Waals surface area contributed by atoms with Gasteiger partial charge in [-0.15, -0.1) is 0 Å². The van der Waals surface area contributed by atoms with Crippen LogP contribution in [0.25, 0.3) is 66.4 Å². The highest BCUT2D eigenvalue weighted by Crippen LogP contribution is 2.49. The molecular weight excluding hydrogens is 655 g/mol. The zero-order chi connectivity index (χ0) is 35.8. The van der Waals surface area contributed by atoms with Gasteiger partial charge in [0.15, 0.2) is 0 Å². The van der Waals surface area contributed by atoms with E-state index in [0.717, 1.165) is 46.2 Å². The lowest BCUT2D eigenvalue weighted by molar-refractivity contribution is 0.669. The zero-order valence-corrected chi connectivity index (χ0v) is 30.1. The molecular formula is C52H39NO. The number of hydrogen-bond acceptors (Lipinski definition) is 2. The molecule has 8 aromatic carbocycles. The summed E-state index contributed by atoms with van der Waals surface area (Å²) in [5, 5.41) is 2.32. The third-order valence-corrected chi connectivity index (χ3v) is 11.1. The van der Waals surface area contributed by atoms with E-state index in [1.54, 1.807) is 0 Å². The van der Waals surface area contributed by atoms with Gasteiger partial charge < -0.3 is 9.32 Å². The quantitative estimate of drug-likeness (QED) is 0.165. The van der Waals surface area contributed by atoms with Gasteiger partial charge in [0.25, 0.3) is 0 Å². The molecule has 0 saturated carbocycles. The van der Waals surface area contributed by atoms with Gasteiger partial charge in [0.2, 0.25) is 0 Å². The van der Waals surface area contributed by atoms with Gasteiger partial charge in [0.05, 0.1) is 5.69 Å². The minimum Gasteiger partial charge on any atom is -0.456 e. The smallest absolute Gasteiger partial charge is 0.136 e. The van der Waals surface area contributed by atoms with E-state index in [4.69, 9.17) is 4.42 Å². The van der Waals surface area contributed by atoms with E-state index in [0.29, 0.717) is 0 Å². The van der Waals surface area contributed by atoms with Gasteiger partial charge in [-0.05, 0) is 130 Å². The number of benzene rings is 8. The standard InChI is InChI=1S/C52H39NO/c1-4-14-36(15-5-1)38-24-29-42(30-25-38)53(43-31-26-39(27-32-43)37-16-6-2-7-17-37)49-35-48(40-18-8-3-9-19-40)52(47-22-11-10-20-44(47)49)41-28-33-46-45-21-12-13-23-50(45)54-51(46)34-41/h1-9,12-19,21,23-35H,10-11,20,22H2. The Balaban J connectivity index is 1.20. The molecule has 2 nitrogen and oxygen atoms in total. The van der Waals surface area contributed by atoms with Crippen molar-refractivity contribution in [3.05, 3.63) is 199 Å². The molecule has 0 amide bonds. The monoisotopic (exact) mass is 693 g/mol. The second kappa shape index (κ2) is 13.7. The molecule has 1 aliphatic carbocycles. The molecule has 0 aliphatic heterocycles. The fourth-order valence-electron chi connectivity index (χ4n) is 8.47. The van der Waals surface area contributed by atoms with E-state index in [-0.39, 0.29) is 0 Å². The van der Waals surface area contributed by atoms with Crippen molar-refractivity contribution in [2.24, 2.45) is 0 Å². The van der Waals surface area contributed by atoms with Crippen LogP contribution >= 0.6 is 0 Å². The van der Waals surface area contributed by atoms with Crippen LogP contribution in [0.2, 0.25) is 0 Å². The molecule has 0 radical (unpaired) electrons. The third-order valence-electron chi connectivity index (χ3n) is 11.1. The predicted molar refractivity (Wildman–Crippen MR) is 227 cm³/mol. The van der Waals surface area contributed by atoms with Crippen molar-refractivity contribution in [2.75, 3.05) is 4.90 Å². The van der Waals surface area contributed by atoms with Crippen LogP contribution in [-0.4, -0.2) is 0 Å². The van der Waals surface area contributed by atoms with Crippen molar-refractivity contribution in [2.45, 2.75) is 25.7 Å². The van der Waals surface area contributed by atoms with E-state index in [1.165, 1.54) is 74.2 Å². The maximum atomic E-state index is 6.46. The highest BCUT2D eigenvalue weighted by molar-refractivity contribution is 6.06. The van der Waals surface area contributed by atoms with E-state index < -0.39 is 0 Å². The Hall–Kier alpha value is -6.64. The van der Waals surface area contributed by atoms with Crippen LogP contribution in [0.1, 0.15) is 24.0 Å². The highest BCUT2D eigenvalue weighted by Gasteiger charge is 2.27. The fraction of sp³-hybridized carbons (Fsp3) is 0.0769. The van der Waals surface area contributed by atoms with Gasteiger partial charge in [0.1, 0.15) is 11.2 Å². The largest absolute Gasteiger partial charge is 0.456 e. The second-order valence-corrected chi connectivity index (χ2v) is 14.3. The Morgan fingerprint density at radius 1 is 0.370 bits per heavy atom. The van der Waals surface area contributed by atoms with Gasteiger partial charge in [0, 0.05) is 22.1 Å². The number of fused-ring (bicyclic) bond motifs is 4. The van der Waals surface area contributed by atoms with E-state index >= 15 is 0 Å². The molecule has 0 N–H and O–H groups in total. The Kier molecular flexibility index (Phi) is 8.15. The molecule has 0 bridgehead atoms. The summed E-state index contributed by atoms with van der Waals surface area (Å²) >= 11 is 0. The van der Waals surface area contributed by atoms with Crippen LogP contribution in [0.15, 0.2) is 192 Å². The average molecular weight is 694 g/mol. The minimum atomic E-state index is 0.928. The molecule has 0 atom stereocenters. The number of rotatable bonds is 7. The van der Waals surface area contributed by atoms with Crippen molar-refractivity contribution < 1.29 is 4.42 Å². The fourth-order valence-corrected chi connectivity index (χ4v) is 8.47. The lowest BCUT2D eigenvalue weighted by atomic mass is 9.80. The summed E-state index contributed by atoms with van der Waals surface area (Å²) in [5.41, 5.74) is 18.1. The van der Waals surface area contributed by atoms with Crippen LogP contribution in [0.4, 0.5) is 17.1 Å². The predicted octanol–water partition coefficient (Wildman–Crippen LogP) is 14.6. The zero-order valence-electron chi connectivity index (χ0n) is 30.1. The van der Waals surface area contributed by atoms with Crippen molar-refractivity contribution in [3.63, 3.8) is 0 Å². The molecule has 0 fully saturated rings. The molecule has 1 heterocycles. The summed E-state index contributed by atoms with van der Waals surface area (Å²) in [4.78, 5) is 2.49. The van der Waals surface area contributed by atoms with Crippen molar-refractivity contribution in [3.8, 4) is 44.5 Å². The summed E-state index contributed by atoms with van der Waals surface area (Å²) in [5.74, 6) is 0. The first kappa shape index (κ1) is 32.0. The van der Waals surface area contributed by atoms with Crippen molar-refractivity contribution in [1.82, 2.24) is 0 Å². The van der Waals surface area contributed by atoms with Crippen molar-refractivity contribution in [1.29, 1.82) is 0 Å². The molecule has 1 aliphatic rings. The van der Waals surface area contributed by atoms with E-state index in [1.807, 2.05) is 6.07 Å². The Morgan fingerprint density at radius 3 is 1.46 bits per heavy atom. The Morgan fingerprint density at radius 2 is 0.852 bits per heavy atom. The highest BCUT2D eigenvalue weighted by atomic mass is 16.3. The lowest BCUT2D eigenvalue weighted by Crippen LogP contribution is -2.16. The van der Waals surface area contributed by atoms with Crippen LogP contribution in [0.5, 0.6) is 0 Å². The Bertz CT molecular complexity index is 2650. The minimum absolute atomic E-state index is 0.928. The maximum Gasteiger partial charge on any atom is 0.136 e. The molecule has 9 aromatic rings. The van der Waals surface area contributed by atoms with Gasteiger partial charge in [-0.1, -0.05) is 140 Å². The average Bonchev–Trinajstić information content (AvgIpc) is 3.63. The van der Waals surface area contributed by atoms with E-state index in [2.05, 4.69) is 187 Å². The molecule has 2 heteroatoms. The number of furan rings is 1. The SMILES string of the molecule is c1ccc(-c2ccc(N(c3ccc(-c4ccccc4)cc3)c3cc(-c4ccccc4)c(-c4ccc5c(c4)oc4ccccc45)c4c3CCCC4)cc2)cc1. The summed E-state index contributed by atoms with van der Waals surface area (Å²) in [6.45, 7) is 0. The second-order valence-electron chi connectivity index (χ2n) is 14.3. The molecule has 0 spiro atoms. The Labute approximate surface area is 316 Å². The van der Waals surface area contributed by atoms with Gasteiger partial charge >= 0.3 is 0 Å². The number of para-hydroxylation sites is 1. The summed E-state index contributed by atoms with van der Waals surface area (Å²) in [6, 6.07) is 68.1. The van der Waals surface area contributed by atoms with Crippen molar-refractivity contribution >= 4 is 39.0 Å². The normalized spacial score (nSPS) is 12.5. The molecule has 10 rings (SSSR count). The topological polar surface area (TPSA) is 16.4 Å². The number of hydrogen-bond donors (Lipinski definition) is 0. The molecule has 0 unspecified atom stereocenters. The van der Waals surface area contributed by atoms with Gasteiger partial charge in [-0.3, -0.25) is 0 Å². The molecule has 258 valence electrons. The first-order valence-corrected chi connectivity index (χ1v) is 19.1. The molecule has 1 aromatic heterocycles. The van der Waals surface area contributed by atoms with Gasteiger partial charge in [-0.25, -0.2) is 0 Å². The first-order chi connectivity index (χ1) is 26.8. The maximum absolute atomic E-state index is 6.46. The molecule has 0 saturated heterocycles.